The normalized spacial score (nSPS) is 10.8. The Morgan fingerprint density at radius 3 is 3.12 bits per heavy atom. The molecule has 0 fully saturated rings. The number of thiophene rings is 1. The van der Waals surface area contributed by atoms with E-state index >= 15 is 0 Å². The van der Waals surface area contributed by atoms with Gasteiger partial charge >= 0.3 is 0 Å². The number of nitrogen functional groups attached to an aromatic ring is 1. The maximum Gasteiger partial charge on any atom is 0.0672 e. The predicted molar refractivity (Wildman–Crippen MR) is 68.1 cm³/mol. The topological polar surface area (TPSA) is 66.7 Å². The molecule has 2 aromatic heterocycles. The second kappa shape index (κ2) is 3.53. The second-order valence-corrected chi connectivity index (χ2v) is 4.31. The van der Waals surface area contributed by atoms with Crippen molar-refractivity contribution in [3.05, 3.63) is 35.2 Å². The van der Waals surface area contributed by atoms with Crippen LogP contribution in [0.5, 0.6) is 0 Å². The van der Waals surface area contributed by atoms with Crippen LogP contribution in [0.2, 0.25) is 0 Å². The molecule has 4 nitrogen and oxygen atoms in total. The van der Waals surface area contributed by atoms with Gasteiger partial charge in [-0.3, -0.25) is 5.10 Å². The Morgan fingerprint density at radius 1 is 1.38 bits per heavy atom. The van der Waals surface area contributed by atoms with Gasteiger partial charge in [0, 0.05) is 16.5 Å². The maximum absolute atomic E-state index is 5.96. The van der Waals surface area contributed by atoms with Crippen molar-refractivity contribution in [3.63, 3.8) is 0 Å². The summed E-state index contributed by atoms with van der Waals surface area (Å²) in [6, 6.07) is 5.89. The van der Waals surface area contributed by atoms with Gasteiger partial charge in [-0.1, -0.05) is 0 Å². The number of rotatable bonds is 2. The number of benzene rings is 1. The Kier molecular flexibility index (Phi) is 2.04. The van der Waals surface area contributed by atoms with Crippen LogP contribution in [0, 0.1) is 0 Å². The molecule has 1 aromatic carbocycles. The van der Waals surface area contributed by atoms with Gasteiger partial charge in [-0.05, 0) is 23.6 Å². The summed E-state index contributed by atoms with van der Waals surface area (Å²) < 4.78 is 0. The lowest BCUT2D eigenvalue weighted by Crippen LogP contribution is -1.95. The summed E-state index contributed by atoms with van der Waals surface area (Å²) in [5, 5.41) is 15.3. The van der Waals surface area contributed by atoms with Gasteiger partial charge < -0.3 is 11.1 Å². The molecule has 4 N–H and O–H groups in total. The Bertz CT molecular complexity index is 612. The smallest absolute Gasteiger partial charge is 0.0672 e. The summed E-state index contributed by atoms with van der Waals surface area (Å²) in [6.07, 6.45) is 1.76. The van der Waals surface area contributed by atoms with Gasteiger partial charge in [-0.15, -0.1) is 0 Å². The van der Waals surface area contributed by atoms with Crippen molar-refractivity contribution in [1.29, 1.82) is 0 Å². The van der Waals surface area contributed by atoms with Crippen LogP contribution in [-0.4, -0.2) is 10.2 Å². The van der Waals surface area contributed by atoms with E-state index in [0.29, 0.717) is 0 Å². The highest BCUT2D eigenvalue weighted by molar-refractivity contribution is 7.08. The molecule has 2 heterocycles. The Morgan fingerprint density at radius 2 is 2.31 bits per heavy atom. The number of hydrogen-bond acceptors (Lipinski definition) is 4. The third-order valence-electron chi connectivity index (χ3n) is 2.41. The van der Waals surface area contributed by atoms with Gasteiger partial charge in [0.25, 0.3) is 0 Å². The standard InChI is InChI=1S/C11H10N4S/c12-9-3-7-5-13-15-10(7)4-11(9)14-8-1-2-16-6-8/h1-6,14H,12H2,(H,13,15). The van der Waals surface area contributed by atoms with Crippen molar-refractivity contribution in [3.8, 4) is 0 Å². The van der Waals surface area contributed by atoms with Gasteiger partial charge in [0.2, 0.25) is 0 Å². The zero-order valence-electron chi connectivity index (χ0n) is 8.40. The summed E-state index contributed by atoms with van der Waals surface area (Å²) in [7, 11) is 0. The van der Waals surface area contributed by atoms with Gasteiger partial charge in [0.15, 0.2) is 0 Å². The molecule has 0 aliphatic heterocycles. The van der Waals surface area contributed by atoms with Crippen LogP contribution in [0.25, 0.3) is 10.9 Å². The summed E-state index contributed by atoms with van der Waals surface area (Å²) >= 11 is 1.65. The fourth-order valence-electron chi connectivity index (χ4n) is 1.61. The monoisotopic (exact) mass is 230 g/mol. The van der Waals surface area contributed by atoms with Gasteiger partial charge in [-0.2, -0.15) is 16.4 Å². The molecule has 0 atom stereocenters. The molecule has 0 aliphatic rings. The second-order valence-electron chi connectivity index (χ2n) is 3.53. The van der Waals surface area contributed by atoms with Crippen molar-refractivity contribution in [2.24, 2.45) is 0 Å². The highest BCUT2D eigenvalue weighted by Gasteiger charge is 2.04. The minimum Gasteiger partial charge on any atom is -0.397 e. The molecule has 0 bridgehead atoms. The molecule has 0 spiro atoms. The summed E-state index contributed by atoms with van der Waals surface area (Å²) in [6.45, 7) is 0. The predicted octanol–water partition coefficient (Wildman–Crippen LogP) is 2.95. The Hall–Kier alpha value is -2.01. The minimum absolute atomic E-state index is 0.722. The molecule has 0 amide bonds. The van der Waals surface area contributed by atoms with Crippen LogP contribution >= 0.6 is 11.3 Å². The van der Waals surface area contributed by atoms with Crippen molar-refractivity contribution >= 4 is 39.3 Å². The number of H-pyrrole nitrogens is 1. The first-order valence-electron chi connectivity index (χ1n) is 4.85. The first kappa shape index (κ1) is 9.23. The van der Waals surface area contributed by atoms with Crippen LogP contribution < -0.4 is 11.1 Å². The van der Waals surface area contributed by atoms with Crippen LogP contribution in [-0.2, 0) is 0 Å². The molecular formula is C11H10N4S. The van der Waals surface area contributed by atoms with E-state index in [9.17, 15) is 0 Å². The summed E-state index contributed by atoms with van der Waals surface area (Å²) in [5.41, 5.74) is 9.61. The first-order valence-corrected chi connectivity index (χ1v) is 5.79. The number of fused-ring (bicyclic) bond motifs is 1. The largest absolute Gasteiger partial charge is 0.397 e. The van der Waals surface area contributed by atoms with Crippen LogP contribution in [0.1, 0.15) is 0 Å². The lowest BCUT2D eigenvalue weighted by atomic mass is 10.2. The Labute approximate surface area is 96.1 Å². The SMILES string of the molecule is Nc1cc2cn[nH]c2cc1Nc1ccsc1. The molecule has 3 rings (SSSR count). The number of nitrogens with zero attached hydrogens (tertiary/aromatic N) is 1. The van der Waals surface area contributed by atoms with Gasteiger partial charge in [0.1, 0.15) is 0 Å². The van der Waals surface area contributed by atoms with E-state index in [4.69, 9.17) is 5.73 Å². The molecule has 0 radical (unpaired) electrons. The summed E-state index contributed by atoms with van der Waals surface area (Å²) in [5.74, 6) is 0. The lowest BCUT2D eigenvalue weighted by Gasteiger charge is -2.07. The number of aromatic nitrogens is 2. The van der Waals surface area contributed by atoms with Gasteiger partial charge in [-0.25, -0.2) is 0 Å². The van der Waals surface area contributed by atoms with E-state index in [2.05, 4.69) is 15.5 Å². The van der Waals surface area contributed by atoms with Crippen LogP contribution in [0.15, 0.2) is 35.2 Å². The van der Waals surface area contributed by atoms with E-state index < -0.39 is 0 Å². The van der Waals surface area contributed by atoms with Crippen LogP contribution in [0.4, 0.5) is 17.1 Å². The van der Waals surface area contributed by atoms with E-state index in [1.54, 1.807) is 17.5 Å². The zero-order valence-corrected chi connectivity index (χ0v) is 9.21. The molecule has 3 aromatic rings. The van der Waals surface area contributed by atoms with E-state index in [0.717, 1.165) is 28.0 Å². The minimum atomic E-state index is 0.722. The highest BCUT2D eigenvalue weighted by atomic mass is 32.1. The van der Waals surface area contributed by atoms with E-state index in [1.165, 1.54) is 0 Å². The number of nitrogens with two attached hydrogens (primary N) is 1. The number of hydrogen-bond donors (Lipinski definition) is 3. The molecular weight excluding hydrogens is 220 g/mol. The van der Waals surface area contributed by atoms with Crippen molar-refractivity contribution in [2.75, 3.05) is 11.1 Å². The fraction of sp³-hybridized carbons (Fsp3) is 0. The van der Waals surface area contributed by atoms with Gasteiger partial charge in [0.05, 0.1) is 23.1 Å². The quantitative estimate of drug-likeness (QED) is 0.593. The molecule has 16 heavy (non-hydrogen) atoms. The van der Waals surface area contributed by atoms with E-state index in [1.807, 2.05) is 29.0 Å². The molecule has 0 aliphatic carbocycles. The first-order chi connectivity index (χ1) is 7.83. The molecule has 0 saturated heterocycles. The Balaban J connectivity index is 2.05. The zero-order chi connectivity index (χ0) is 11.0. The number of anilines is 3. The molecule has 5 heteroatoms. The summed E-state index contributed by atoms with van der Waals surface area (Å²) in [4.78, 5) is 0. The molecule has 80 valence electrons. The third kappa shape index (κ3) is 1.51. The molecule has 0 unspecified atom stereocenters. The number of nitrogens with one attached hydrogen (secondary N) is 2. The fourth-order valence-corrected chi connectivity index (χ4v) is 2.20. The van der Waals surface area contributed by atoms with Crippen LogP contribution in [0.3, 0.4) is 0 Å². The van der Waals surface area contributed by atoms with Crippen molar-refractivity contribution < 1.29 is 0 Å². The average molecular weight is 230 g/mol. The lowest BCUT2D eigenvalue weighted by molar-refractivity contribution is 1.12. The third-order valence-corrected chi connectivity index (χ3v) is 3.09. The average Bonchev–Trinajstić information content (AvgIpc) is 2.89. The van der Waals surface area contributed by atoms with E-state index in [-0.39, 0.29) is 0 Å². The highest BCUT2D eigenvalue weighted by Crippen LogP contribution is 2.28. The van der Waals surface area contributed by atoms with Crippen molar-refractivity contribution in [1.82, 2.24) is 10.2 Å². The number of aromatic amines is 1. The molecule has 0 saturated carbocycles. The van der Waals surface area contributed by atoms with Crippen molar-refractivity contribution in [2.45, 2.75) is 0 Å². The maximum atomic E-state index is 5.96.